The molecule has 1 aliphatic heterocycles. The van der Waals surface area contributed by atoms with Gasteiger partial charge in [-0.1, -0.05) is 26.2 Å². The van der Waals surface area contributed by atoms with Gasteiger partial charge >= 0.3 is 0 Å². The summed E-state index contributed by atoms with van der Waals surface area (Å²) >= 11 is 0. The molecule has 15 heavy (non-hydrogen) atoms. The fourth-order valence-electron chi connectivity index (χ4n) is 3.22. The van der Waals surface area contributed by atoms with Crippen LogP contribution in [0.15, 0.2) is 0 Å². The van der Waals surface area contributed by atoms with Crippen LogP contribution in [0.5, 0.6) is 0 Å². The van der Waals surface area contributed by atoms with Crippen LogP contribution in [-0.4, -0.2) is 24.4 Å². The van der Waals surface area contributed by atoms with Crippen LogP contribution in [0, 0.1) is 17.8 Å². The maximum Gasteiger partial charge on any atom is 0.0615 e. The lowest BCUT2D eigenvalue weighted by Gasteiger charge is -2.38. The second-order valence-corrected chi connectivity index (χ2v) is 5.28. The highest BCUT2D eigenvalue weighted by atomic mass is 16.5. The van der Waals surface area contributed by atoms with Gasteiger partial charge in [0.1, 0.15) is 0 Å². The summed E-state index contributed by atoms with van der Waals surface area (Å²) in [5.41, 5.74) is 0. The fraction of sp³-hybridized carbons (Fsp3) is 1.00. The lowest BCUT2D eigenvalue weighted by molar-refractivity contribution is -0.0654. The third kappa shape index (κ3) is 2.73. The molecule has 0 amide bonds. The SMILES string of the molecule is CCC1CCC(C2COCCC2O)CC1. The standard InChI is InChI=1S/C13H24O2/c1-2-10-3-5-11(6-4-10)12-9-15-8-7-13(12)14/h10-14H,2-9H2,1H3. The molecular formula is C13H24O2. The van der Waals surface area contributed by atoms with E-state index in [1.165, 1.54) is 32.1 Å². The predicted octanol–water partition coefficient (Wildman–Crippen LogP) is 2.60. The molecule has 2 rings (SSSR count). The molecule has 0 aromatic rings. The molecule has 2 heteroatoms. The molecule has 0 spiro atoms. The molecule has 1 saturated carbocycles. The van der Waals surface area contributed by atoms with Crippen molar-refractivity contribution in [1.29, 1.82) is 0 Å². The molecule has 88 valence electrons. The summed E-state index contributed by atoms with van der Waals surface area (Å²) in [5.74, 6) is 2.10. The summed E-state index contributed by atoms with van der Waals surface area (Å²) in [7, 11) is 0. The second kappa shape index (κ2) is 5.31. The molecule has 0 aromatic carbocycles. The van der Waals surface area contributed by atoms with Gasteiger partial charge in [0.05, 0.1) is 12.7 Å². The Morgan fingerprint density at radius 3 is 2.47 bits per heavy atom. The number of ether oxygens (including phenoxy) is 1. The Morgan fingerprint density at radius 2 is 1.87 bits per heavy atom. The van der Waals surface area contributed by atoms with E-state index in [0.717, 1.165) is 31.5 Å². The zero-order chi connectivity index (χ0) is 10.7. The molecule has 0 radical (unpaired) electrons. The van der Waals surface area contributed by atoms with E-state index in [1.807, 2.05) is 0 Å². The Bertz CT molecular complexity index is 185. The minimum atomic E-state index is -0.0954. The van der Waals surface area contributed by atoms with Gasteiger partial charge in [0.25, 0.3) is 0 Å². The first-order chi connectivity index (χ1) is 7.31. The van der Waals surface area contributed by atoms with Crippen LogP contribution in [0.3, 0.4) is 0 Å². The number of rotatable bonds is 2. The quantitative estimate of drug-likeness (QED) is 0.762. The van der Waals surface area contributed by atoms with Crippen LogP contribution in [0.4, 0.5) is 0 Å². The smallest absolute Gasteiger partial charge is 0.0615 e. The molecular weight excluding hydrogens is 188 g/mol. The number of aliphatic hydroxyl groups is 1. The zero-order valence-electron chi connectivity index (χ0n) is 9.82. The first-order valence-electron chi connectivity index (χ1n) is 6.57. The largest absolute Gasteiger partial charge is 0.393 e. The van der Waals surface area contributed by atoms with E-state index in [1.54, 1.807) is 0 Å². The maximum absolute atomic E-state index is 9.96. The molecule has 0 aromatic heterocycles. The first-order valence-corrected chi connectivity index (χ1v) is 6.57. The van der Waals surface area contributed by atoms with E-state index in [0.29, 0.717) is 5.92 Å². The van der Waals surface area contributed by atoms with Crippen molar-refractivity contribution in [2.24, 2.45) is 17.8 Å². The topological polar surface area (TPSA) is 29.5 Å². The average molecular weight is 212 g/mol. The third-order valence-electron chi connectivity index (χ3n) is 4.44. The highest BCUT2D eigenvalue weighted by Gasteiger charge is 2.33. The molecule has 0 bridgehead atoms. The normalized spacial score (nSPS) is 42.8. The minimum absolute atomic E-state index is 0.0954. The summed E-state index contributed by atoms with van der Waals surface area (Å²) in [5, 5.41) is 9.96. The Labute approximate surface area is 93.0 Å². The van der Waals surface area contributed by atoms with Crippen molar-refractivity contribution in [2.45, 2.75) is 51.6 Å². The van der Waals surface area contributed by atoms with Crippen LogP contribution >= 0.6 is 0 Å². The van der Waals surface area contributed by atoms with Crippen LogP contribution in [0.2, 0.25) is 0 Å². The molecule has 2 fully saturated rings. The van der Waals surface area contributed by atoms with E-state index in [2.05, 4.69) is 6.92 Å². The molecule has 1 saturated heterocycles. The molecule has 1 aliphatic carbocycles. The van der Waals surface area contributed by atoms with Gasteiger partial charge in [-0.3, -0.25) is 0 Å². The number of aliphatic hydroxyl groups excluding tert-OH is 1. The molecule has 1 N–H and O–H groups in total. The maximum atomic E-state index is 9.96. The molecule has 2 nitrogen and oxygen atoms in total. The Kier molecular flexibility index (Phi) is 4.04. The summed E-state index contributed by atoms with van der Waals surface area (Å²) in [6.45, 7) is 3.84. The van der Waals surface area contributed by atoms with E-state index >= 15 is 0 Å². The number of hydrogen-bond acceptors (Lipinski definition) is 2. The molecule has 2 atom stereocenters. The van der Waals surface area contributed by atoms with Crippen LogP contribution < -0.4 is 0 Å². The lowest BCUT2D eigenvalue weighted by Crippen LogP contribution is -2.38. The van der Waals surface area contributed by atoms with Crippen molar-refractivity contribution in [3.05, 3.63) is 0 Å². The highest BCUT2D eigenvalue weighted by molar-refractivity contribution is 4.83. The van der Waals surface area contributed by atoms with Crippen molar-refractivity contribution in [2.75, 3.05) is 13.2 Å². The van der Waals surface area contributed by atoms with Gasteiger partial charge in [0, 0.05) is 12.5 Å². The number of hydrogen-bond donors (Lipinski definition) is 1. The van der Waals surface area contributed by atoms with Gasteiger partial charge in [-0.15, -0.1) is 0 Å². The average Bonchev–Trinajstić information content (AvgIpc) is 2.30. The van der Waals surface area contributed by atoms with E-state index in [-0.39, 0.29) is 6.10 Å². The highest BCUT2D eigenvalue weighted by Crippen LogP contribution is 2.37. The summed E-state index contributed by atoms with van der Waals surface area (Å²) in [4.78, 5) is 0. The van der Waals surface area contributed by atoms with Gasteiger partial charge in [-0.05, 0) is 31.1 Å². The van der Waals surface area contributed by atoms with Gasteiger partial charge in [0.2, 0.25) is 0 Å². The van der Waals surface area contributed by atoms with Crippen molar-refractivity contribution in [3.8, 4) is 0 Å². The van der Waals surface area contributed by atoms with Crippen LogP contribution in [0.25, 0.3) is 0 Å². The Hall–Kier alpha value is -0.0800. The first kappa shape index (κ1) is 11.4. The van der Waals surface area contributed by atoms with Gasteiger partial charge in [-0.25, -0.2) is 0 Å². The zero-order valence-corrected chi connectivity index (χ0v) is 9.82. The van der Waals surface area contributed by atoms with Crippen molar-refractivity contribution < 1.29 is 9.84 Å². The minimum Gasteiger partial charge on any atom is -0.393 e. The Morgan fingerprint density at radius 1 is 1.13 bits per heavy atom. The van der Waals surface area contributed by atoms with Gasteiger partial charge in [0.15, 0.2) is 0 Å². The van der Waals surface area contributed by atoms with E-state index < -0.39 is 0 Å². The predicted molar refractivity (Wildman–Crippen MR) is 60.7 cm³/mol. The summed E-state index contributed by atoms with van der Waals surface area (Å²) in [6.07, 6.45) is 7.43. The van der Waals surface area contributed by atoms with Crippen LogP contribution in [0.1, 0.15) is 45.4 Å². The monoisotopic (exact) mass is 212 g/mol. The second-order valence-electron chi connectivity index (χ2n) is 5.28. The van der Waals surface area contributed by atoms with Crippen molar-refractivity contribution in [3.63, 3.8) is 0 Å². The fourth-order valence-corrected chi connectivity index (χ4v) is 3.22. The van der Waals surface area contributed by atoms with Gasteiger partial charge in [-0.2, -0.15) is 0 Å². The Balaban J connectivity index is 1.83. The molecule has 2 aliphatic rings. The summed E-state index contributed by atoms with van der Waals surface area (Å²) < 4.78 is 5.50. The third-order valence-corrected chi connectivity index (χ3v) is 4.44. The lowest BCUT2D eigenvalue weighted by atomic mass is 9.73. The molecule has 1 heterocycles. The van der Waals surface area contributed by atoms with Gasteiger partial charge < -0.3 is 9.84 Å². The van der Waals surface area contributed by atoms with E-state index in [4.69, 9.17) is 4.74 Å². The van der Waals surface area contributed by atoms with Crippen molar-refractivity contribution in [1.82, 2.24) is 0 Å². The molecule has 2 unspecified atom stereocenters. The summed E-state index contributed by atoms with van der Waals surface area (Å²) in [6, 6.07) is 0. The van der Waals surface area contributed by atoms with E-state index in [9.17, 15) is 5.11 Å². The van der Waals surface area contributed by atoms with Crippen molar-refractivity contribution >= 4 is 0 Å². The van der Waals surface area contributed by atoms with Crippen LogP contribution in [-0.2, 0) is 4.74 Å².